The molecule has 0 aliphatic carbocycles. The number of aromatic amines is 1. The normalized spacial score (nSPS) is 11.6. The predicted molar refractivity (Wildman–Crippen MR) is 99.5 cm³/mol. The fraction of sp³-hybridized carbons (Fsp3) is 0.550. The molecule has 0 saturated carbocycles. The molecule has 1 aromatic carbocycles. The van der Waals surface area contributed by atoms with Crippen molar-refractivity contribution < 1.29 is 9.53 Å². The van der Waals surface area contributed by atoms with Gasteiger partial charge < -0.3 is 14.6 Å². The second-order valence-corrected chi connectivity index (χ2v) is 6.69. The van der Waals surface area contributed by atoms with Crippen LogP contribution in [0.3, 0.4) is 0 Å². The van der Waals surface area contributed by atoms with Crippen LogP contribution in [0, 0.1) is 5.92 Å². The molecule has 0 bridgehead atoms. The Hall–Kier alpha value is -1.81. The Kier molecular flexibility index (Phi) is 6.85. The minimum atomic E-state index is -0.191. The first kappa shape index (κ1) is 18.5. The van der Waals surface area contributed by atoms with Crippen molar-refractivity contribution in [2.24, 2.45) is 5.92 Å². The highest BCUT2D eigenvalue weighted by atomic mass is 16.5. The van der Waals surface area contributed by atoms with Gasteiger partial charge in [-0.1, -0.05) is 27.7 Å². The minimum absolute atomic E-state index is 0.122. The third-order valence-corrected chi connectivity index (χ3v) is 4.21. The molecule has 0 amide bonds. The predicted octanol–water partition coefficient (Wildman–Crippen LogP) is 4.39. The minimum Gasteiger partial charge on any atom is -0.426 e. The number of rotatable bonds is 9. The second kappa shape index (κ2) is 8.88. The van der Waals surface area contributed by atoms with Gasteiger partial charge in [-0.05, 0) is 56.1 Å². The van der Waals surface area contributed by atoms with Crippen LogP contribution in [0.1, 0.15) is 46.1 Å². The largest absolute Gasteiger partial charge is 0.426 e. The molecule has 0 unspecified atom stereocenters. The lowest BCUT2D eigenvalue weighted by Crippen LogP contribution is -2.27. The van der Waals surface area contributed by atoms with E-state index in [1.54, 1.807) is 0 Å². The highest BCUT2D eigenvalue weighted by molar-refractivity contribution is 5.85. The van der Waals surface area contributed by atoms with E-state index in [0.29, 0.717) is 5.75 Å². The fourth-order valence-electron chi connectivity index (χ4n) is 2.91. The number of hydrogen-bond donors (Lipinski definition) is 1. The number of H-pyrrole nitrogens is 1. The van der Waals surface area contributed by atoms with Crippen LogP contribution in [0.2, 0.25) is 0 Å². The first-order valence-electron chi connectivity index (χ1n) is 9.09. The van der Waals surface area contributed by atoms with E-state index in [9.17, 15) is 4.79 Å². The van der Waals surface area contributed by atoms with Crippen LogP contribution in [-0.2, 0) is 11.2 Å². The number of nitrogens with one attached hydrogen (secondary N) is 1. The smallest absolute Gasteiger partial charge is 0.313 e. The van der Waals surface area contributed by atoms with Crippen molar-refractivity contribution >= 4 is 16.9 Å². The van der Waals surface area contributed by atoms with Crippen LogP contribution in [0.15, 0.2) is 24.4 Å². The zero-order chi connectivity index (χ0) is 17.5. The number of ether oxygens (including phenoxy) is 1. The zero-order valence-corrected chi connectivity index (χ0v) is 15.4. The van der Waals surface area contributed by atoms with Crippen molar-refractivity contribution in [3.8, 4) is 5.75 Å². The van der Waals surface area contributed by atoms with Gasteiger partial charge in [0.1, 0.15) is 5.75 Å². The molecule has 0 fully saturated rings. The lowest BCUT2D eigenvalue weighted by atomic mass is 10.1. The lowest BCUT2D eigenvalue weighted by molar-refractivity contribution is -0.137. The number of aromatic nitrogens is 1. The van der Waals surface area contributed by atoms with Gasteiger partial charge in [0.25, 0.3) is 0 Å². The molecule has 4 nitrogen and oxygen atoms in total. The molecular formula is C20H30N2O2. The molecule has 1 heterocycles. The number of nitrogens with zero attached hydrogens (tertiary/aromatic N) is 1. The van der Waals surface area contributed by atoms with E-state index in [1.165, 1.54) is 18.4 Å². The Bertz CT molecular complexity index is 655. The Balaban J connectivity index is 2.11. The highest BCUT2D eigenvalue weighted by Gasteiger charge is 2.12. The molecule has 0 atom stereocenters. The topological polar surface area (TPSA) is 45.3 Å². The molecule has 1 N–H and O–H groups in total. The van der Waals surface area contributed by atoms with Crippen molar-refractivity contribution in [3.05, 3.63) is 30.0 Å². The summed E-state index contributed by atoms with van der Waals surface area (Å²) in [5.41, 5.74) is 2.37. The Morgan fingerprint density at radius 3 is 2.50 bits per heavy atom. The third-order valence-electron chi connectivity index (χ3n) is 4.21. The molecule has 4 heteroatoms. The summed E-state index contributed by atoms with van der Waals surface area (Å²) >= 11 is 0. The number of carbonyl (C=O) groups is 1. The highest BCUT2D eigenvalue weighted by Crippen LogP contribution is 2.25. The Morgan fingerprint density at radius 2 is 1.88 bits per heavy atom. The van der Waals surface area contributed by atoms with Gasteiger partial charge in [0.05, 0.1) is 5.92 Å². The number of fused-ring (bicyclic) bond motifs is 1. The summed E-state index contributed by atoms with van der Waals surface area (Å²) in [5, 5.41) is 1.15. The zero-order valence-electron chi connectivity index (χ0n) is 15.4. The van der Waals surface area contributed by atoms with Gasteiger partial charge in [-0.25, -0.2) is 0 Å². The maximum absolute atomic E-state index is 11.8. The first-order valence-corrected chi connectivity index (χ1v) is 9.09. The van der Waals surface area contributed by atoms with E-state index in [0.717, 1.165) is 37.0 Å². The van der Waals surface area contributed by atoms with E-state index in [1.807, 2.05) is 32.0 Å². The Labute approximate surface area is 145 Å². The maximum atomic E-state index is 11.8. The van der Waals surface area contributed by atoms with Crippen molar-refractivity contribution in [2.75, 3.05) is 19.6 Å². The van der Waals surface area contributed by atoms with E-state index in [2.05, 4.69) is 29.9 Å². The number of hydrogen-bond acceptors (Lipinski definition) is 3. The van der Waals surface area contributed by atoms with Crippen molar-refractivity contribution in [3.63, 3.8) is 0 Å². The van der Waals surface area contributed by atoms with Crippen molar-refractivity contribution in [1.82, 2.24) is 9.88 Å². The van der Waals surface area contributed by atoms with Crippen molar-refractivity contribution in [1.29, 1.82) is 0 Å². The van der Waals surface area contributed by atoms with Crippen LogP contribution in [0.25, 0.3) is 10.9 Å². The molecular weight excluding hydrogens is 300 g/mol. The molecule has 2 aromatic rings. The summed E-state index contributed by atoms with van der Waals surface area (Å²) in [4.78, 5) is 17.6. The average Bonchev–Trinajstić information content (AvgIpc) is 2.95. The van der Waals surface area contributed by atoms with Crippen LogP contribution >= 0.6 is 0 Å². The summed E-state index contributed by atoms with van der Waals surface area (Å²) in [6.45, 7) is 11.5. The van der Waals surface area contributed by atoms with Crippen LogP contribution in [0.5, 0.6) is 5.75 Å². The average molecular weight is 330 g/mol. The molecule has 0 saturated heterocycles. The van der Waals surface area contributed by atoms with Gasteiger partial charge in [-0.2, -0.15) is 0 Å². The molecule has 132 valence electrons. The summed E-state index contributed by atoms with van der Waals surface area (Å²) in [6.07, 6.45) is 5.45. The van der Waals surface area contributed by atoms with E-state index < -0.39 is 0 Å². The molecule has 1 aromatic heterocycles. The molecule has 0 aliphatic rings. The van der Waals surface area contributed by atoms with E-state index in [4.69, 9.17) is 4.74 Å². The molecule has 2 rings (SSSR count). The second-order valence-electron chi connectivity index (χ2n) is 6.69. The Morgan fingerprint density at radius 1 is 1.17 bits per heavy atom. The summed E-state index contributed by atoms with van der Waals surface area (Å²) in [7, 11) is 0. The van der Waals surface area contributed by atoms with E-state index >= 15 is 0 Å². The standard InChI is InChI=1S/C20H30N2O2/c1-5-10-22(11-6-2)12-9-16-14-21-19-8-7-17(13-18(16)19)24-20(23)15(3)4/h7-8,13-15,21H,5-6,9-12H2,1-4H3. The molecule has 24 heavy (non-hydrogen) atoms. The van der Waals surface area contributed by atoms with Crippen molar-refractivity contribution in [2.45, 2.75) is 47.0 Å². The van der Waals surface area contributed by atoms with Crippen LogP contribution in [-0.4, -0.2) is 35.5 Å². The third kappa shape index (κ3) is 4.84. The first-order chi connectivity index (χ1) is 11.5. The number of carbonyl (C=O) groups excluding carboxylic acids is 1. The summed E-state index contributed by atoms with van der Waals surface area (Å²) in [5.74, 6) is 0.313. The van der Waals surface area contributed by atoms with Gasteiger partial charge in [0.2, 0.25) is 0 Å². The van der Waals surface area contributed by atoms with E-state index in [-0.39, 0.29) is 11.9 Å². The van der Waals surface area contributed by atoms with Gasteiger partial charge in [0, 0.05) is 23.6 Å². The molecule has 0 aliphatic heterocycles. The maximum Gasteiger partial charge on any atom is 0.313 e. The van der Waals surface area contributed by atoms with Crippen LogP contribution in [0.4, 0.5) is 0 Å². The number of esters is 1. The summed E-state index contributed by atoms with van der Waals surface area (Å²) < 4.78 is 5.45. The molecule has 0 radical (unpaired) electrons. The van der Waals surface area contributed by atoms with Crippen LogP contribution < -0.4 is 4.74 Å². The number of benzene rings is 1. The van der Waals surface area contributed by atoms with Gasteiger partial charge in [0.15, 0.2) is 0 Å². The van der Waals surface area contributed by atoms with Gasteiger partial charge in [-0.15, -0.1) is 0 Å². The van der Waals surface area contributed by atoms with Gasteiger partial charge >= 0.3 is 5.97 Å². The molecule has 0 spiro atoms. The lowest BCUT2D eigenvalue weighted by Gasteiger charge is -2.20. The monoisotopic (exact) mass is 330 g/mol. The van der Waals surface area contributed by atoms with Gasteiger partial charge in [-0.3, -0.25) is 4.79 Å². The fourth-order valence-corrected chi connectivity index (χ4v) is 2.91. The quantitative estimate of drug-likeness (QED) is 0.548. The SMILES string of the molecule is CCCN(CCC)CCc1c[nH]c2ccc(OC(=O)C(C)C)cc12. The summed E-state index contributed by atoms with van der Waals surface area (Å²) in [6, 6.07) is 5.81.